The predicted molar refractivity (Wildman–Crippen MR) is 107 cm³/mol. The Hall–Kier alpha value is -4.10. The predicted octanol–water partition coefficient (Wildman–Crippen LogP) is 3.48. The highest BCUT2D eigenvalue weighted by Crippen LogP contribution is 2.29. The maximum Gasteiger partial charge on any atom is 0.490 e. The first kappa shape index (κ1) is 24.5. The number of hydrogen-bond acceptors (Lipinski definition) is 6. The molecule has 1 saturated heterocycles. The van der Waals surface area contributed by atoms with Gasteiger partial charge < -0.3 is 15.3 Å². The van der Waals surface area contributed by atoms with E-state index in [9.17, 15) is 26.7 Å². The van der Waals surface area contributed by atoms with E-state index in [1.54, 1.807) is 35.2 Å². The fraction of sp³-hybridized carbons (Fsp3) is 0.250. The second-order valence-electron chi connectivity index (χ2n) is 7.15. The number of amides is 1. The number of carbonyl (C=O) groups excluding carboxylic acids is 1. The van der Waals surface area contributed by atoms with Crippen LogP contribution in [0.25, 0.3) is 0 Å². The van der Waals surface area contributed by atoms with Crippen LogP contribution in [0.1, 0.15) is 28.3 Å². The third-order valence-electron chi connectivity index (χ3n) is 4.84. The molecule has 2 heterocycles. The van der Waals surface area contributed by atoms with E-state index in [0.29, 0.717) is 42.3 Å². The number of anilines is 2. The van der Waals surface area contributed by atoms with Gasteiger partial charge in [-0.3, -0.25) is 4.79 Å². The van der Waals surface area contributed by atoms with Gasteiger partial charge in [-0.2, -0.15) is 18.4 Å². The first-order chi connectivity index (χ1) is 16.0. The molecule has 0 aliphatic carbocycles. The van der Waals surface area contributed by atoms with Crippen LogP contribution in [0.5, 0.6) is 0 Å². The first-order valence-corrected chi connectivity index (χ1v) is 9.69. The summed E-state index contributed by atoms with van der Waals surface area (Å²) in [6, 6.07) is 10.9. The molecule has 0 saturated carbocycles. The highest BCUT2D eigenvalue weighted by molar-refractivity contribution is 5.95. The van der Waals surface area contributed by atoms with Crippen LogP contribution in [-0.4, -0.2) is 61.8 Å². The van der Waals surface area contributed by atoms with Crippen LogP contribution in [-0.2, 0) is 4.79 Å². The number of aromatic nitrogens is 4. The average molecular weight is 484 g/mol. The molecular formula is C20H17F5N6O3. The smallest absolute Gasteiger partial charge is 0.475 e. The Morgan fingerprint density at radius 1 is 1.12 bits per heavy atom. The molecule has 1 amide bonds. The monoisotopic (exact) mass is 484 g/mol. The van der Waals surface area contributed by atoms with Gasteiger partial charge in [0.25, 0.3) is 11.9 Å². The Balaban J connectivity index is 0.000000406. The molecule has 1 aliphatic rings. The minimum atomic E-state index is -5.08. The molecule has 1 aromatic heterocycles. The molecule has 1 unspecified atom stereocenters. The Morgan fingerprint density at radius 3 is 2.47 bits per heavy atom. The van der Waals surface area contributed by atoms with Gasteiger partial charge in [-0.05, 0) is 47.5 Å². The number of carboxylic acids is 1. The quantitative estimate of drug-likeness (QED) is 0.485. The number of rotatable bonds is 4. The number of carboxylic acid groups (broad SMARTS) is 1. The molecule has 14 heteroatoms. The number of nitrogens with one attached hydrogen (secondary N) is 2. The lowest BCUT2D eigenvalue weighted by molar-refractivity contribution is -0.192. The molecule has 34 heavy (non-hydrogen) atoms. The van der Waals surface area contributed by atoms with Crippen LogP contribution in [0.2, 0.25) is 0 Å². The van der Waals surface area contributed by atoms with Crippen molar-refractivity contribution in [2.24, 2.45) is 0 Å². The first-order valence-electron chi connectivity index (χ1n) is 9.69. The van der Waals surface area contributed by atoms with Gasteiger partial charge in [-0.15, -0.1) is 5.10 Å². The molecule has 0 radical (unpaired) electrons. The van der Waals surface area contributed by atoms with Crippen LogP contribution in [0.3, 0.4) is 0 Å². The van der Waals surface area contributed by atoms with Crippen LogP contribution in [0.15, 0.2) is 42.5 Å². The zero-order valence-electron chi connectivity index (χ0n) is 17.2. The molecule has 1 fully saturated rings. The van der Waals surface area contributed by atoms with E-state index < -0.39 is 23.8 Å². The van der Waals surface area contributed by atoms with Crippen molar-refractivity contribution in [1.82, 2.24) is 25.5 Å². The van der Waals surface area contributed by atoms with Gasteiger partial charge in [0.2, 0.25) is 0 Å². The number of aliphatic carboxylic acids is 1. The van der Waals surface area contributed by atoms with Crippen molar-refractivity contribution in [3.63, 3.8) is 0 Å². The van der Waals surface area contributed by atoms with E-state index in [-0.39, 0.29) is 11.8 Å². The number of likely N-dealkylation sites (tertiary alicyclic amines) is 1. The maximum absolute atomic E-state index is 13.5. The Kier molecular flexibility index (Phi) is 7.38. The van der Waals surface area contributed by atoms with Gasteiger partial charge in [0, 0.05) is 30.3 Å². The summed E-state index contributed by atoms with van der Waals surface area (Å²) in [6.07, 6.45) is -4.38. The van der Waals surface area contributed by atoms with E-state index in [1.807, 2.05) is 0 Å². The molecule has 1 aliphatic heterocycles. The Bertz CT molecular complexity index is 1160. The third-order valence-corrected chi connectivity index (χ3v) is 4.84. The van der Waals surface area contributed by atoms with Crippen molar-refractivity contribution in [1.29, 1.82) is 0 Å². The van der Waals surface area contributed by atoms with Gasteiger partial charge in [0.15, 0.2) is 11.6 Å². The highest BCUT2D eigenvalue weighted by Gasteiger charge is 2.38. The minimum absolute atomic E-state index is 0.00955. The van der Waals surface area contributed by atoms with E-state index in [4.69, 9.17) is 9.90 Å². The summed E-state index contributed by atoms with van der Waals surface area (Å²) < 4.78 is 58.3. The van der Waals surface area contributed by atoms with Gasteiger partial charge >= 0.3 is 12.1 Å². The second-order valence-corrected chi connectivity index (χ2v) is 7.15. The lowest BCUT2D eigenvalue weighted by atomic mass is 9.98. The number of hydrogen-bond donors (Lipinski definition) is 3. The zero-order valence-corrected chi connectivity index (χ0v) is 17.2. The van der Waals surface area contributed by atoms with Gasteiger partial charge in [-0.25, -0.2) is 13.6 Å². The summed E-state index contributed by atoms with van der Waals surface area (Å²) in [5.74, 6) is -4.30. The topological polar surface area (TPSA) is 124 Å². The van der Waals surface area contributed by atoms with Gasteiger partial charge in [0.05, 0.1) is 0 Å². The van der Waals surface area contributed by atoms with Crippen LogP contribution in [0.4, 0.5) is 33.6 Å². The highest BCUT2D eigenvalue weighted by atomic mass is 19.4. The zero-order chi connectivity index (χ0) is 24.9. The van der Waals surface area contributed by atoms with E-state index in [1.165, 1.54) is 6.07 Å². The molecule has 1 atom stereocenters. The molecule has 2 aromatic carbocycles. The summed E-state index contributed by atoms with van der Waals surface area (Å²) in [4.78, 5) is 23.4. The number of halogens is 5. The normalized spacial score (nSPS) is 15.4. The number of aromatic amines is 1. The summed E-state index contributed by atoms with van der Waals surface area (Å²) in [5, 5.41) is 23.5. The molecule has 0 bridgehead atoms. The van der Waals surface area contributed by atoms with Crippen molar-refractivity contribution in [2.75, 3.05) is 18.4 Å². The number of tetrazole rings is 1. The minimum Gasteiger partial charge on any atom is -0.475 e. The van der Waals surface area contributed by atoms with E-state index in [2.05, 4.69) is 25.9 Å². The lowest BCUT2D eigenvalue weighted by Gasteiger charge is -2.17. The number of carbonyl (C=O) groups is 2. The Morgan fingerprint density at radius 2 is 1.85 bits per heavy atom. The molecule has 180 valence electrons. The standard InChI is InChI=1S/C18H16F2N6O.C2HF3O2/c19-15-5-4-11(9-16(15)20)13-6-7-26(10-13)17(27)12-2-1-3-14(8-12)21-18-22-24-25-23-18;3-2(4,5)1(6)7/h1-5,8-9,13H,6-7,10H2,(H2,21,22,23,24,25);(H,6,7). The van der Waals surface area contributed by atoms with Gasteiger partial charge in [0.1, 0.15) is 0 Å². The van der Waals surface area contributed by atoms with Crippen molar-refractivity contribution >= 4 is 23.5 Å². The largest absolute Gasteiger partial charge is 0.490 e. The molecule has 3 N–H and O–H groups in total. The number of alkyl halides is 3. The summed E-state index contributed by atoms with van der Waals surface area (Å²) >= 11 is 0. The lowest BCUT2D eigenvalue weighted by Crippen LogP contribution is -2.28. The van der Waals surface area contributed by atoms with E-state index in [0.717, 1.165) is 6.07 Å². The summed E-state index contributed by atoms with van der Waals surface area (Å²) in [5.41, 5.74) is 1.89. The Labute approximate surface area is 188 Å². The molecular weight excluding hydrogens is 467 g/mol. The molecule has 0 spiro atoms. The van der Waals surface area contributed by atoms with Crippen molar-refractivity contribution in [3.8, 4) is 0 Å². The summed E-state index contributed by atoms with van der Waals surface area (Å²) in [6.45, 7) is 1.03. The fourth-order valence-corrected chi connectivity index (χ4v) is 3.24. The maximum atomic E-state index is 13.5. The average Bonchev–Trinajstić information content (AvgIpc) is 3.47. The van der Waals surface area contributed by atoms with Crippen LogP contribution < -0.4 is 5.32 Å². The summed E-state index contributed by atoms with van der Waals surface area (Å²) in [7, 11) is 0. The second kappa shape index (κ2) is 10.2. The third kappa shape index (κ3) is 6.24. The van der Waals surface area contributed by atoms with E-state index >= 15 is 0 Å². The van der Waals surface area contributed by atoms with Crippen LogP contribution in [0, 0.1) is 11.6 Å². The van der Waals surface area contributed by atoms with Crippen molar-refractivity contribution in [3.05, 3.63) is 65.2 Å². The van der Waals surface area contributed by atoms with Crippen LogP contribution >= 0.6 is 0 Å². The van der Waals surface area contributed by atoms with Crippen molar-refractivity contribution in [2.45, 2.75) is 18.5 Å². The fourth-order valence-electron chi connectivity index (χ4n) is 3.24. The molecule has 4 rings (SSSR count). The molecule has 9 nitrogen and oxygen atoms in total. The molecule has 3 aromatic rings. The number of H-pyrrole nitrogens is 1. The number of benzene rings is 2. The number of nitrogens with zero attached hydrogens (tertiary/aromatic N) is 4. The SMILES string of the molecule is O=C(O)C(F)(F)F.O=C(c1cccc(Nc2nn[nH]n2)c1)N1CCC(c2ccc(F)c(F)c2)C1. The van der Waals surface area contributed by atoms with Crippen molar-refractivity contribution < 1.29 is 36.6 Å². The van der Waals surface area contributed by atoms with Gasteiger partial charge in [-0.1, -0.05) is 17.2 Å².